The molecular weight excluding hydrogens is 480 g/mol. The Balaban J connectivity index is 1.42. The predicted octanol–water partition coefficient (Wildman–Crippen LogP) is 3.10. The molecule has 9 heteroatoms. The van der Waals surface area contributed by atoms with Crippen molar-refractivity contribution in [1.29, 1.82) is 0 Å². The van der Waals surface area contributed by atoms with Gasteiger partial charge in [-0.25, -0.2) is 0 Å². The summed E-state index contributed by atoms with van der Waals surface area (Å²) in [7, 11) is 4.02. The molecule has 2 aromatic rings. The number of carbonyl (C=O) groups is 3. The summed E-state index contributed by atoms with van der Waals surface area (Å²) in [4.78, 5) is 43.7. The third kappa shape index (κ3) is 4.83. The largest absolute Gasteiger partial charge is 0.346 e. The van der Waals surface area contributed by atoms with E-state index in [1.54, 1.807) is 11.0 Å². The number of rotatable bonds is 6. The van der Waals surface area contributed by atoms with Crippen LogP contribution in [0.4, 0.5) is 11.4 Å². The van der Waals surface area contributed by atoms with Gasteiger partial charge >= 0.3 is 0 Å². The van der Waals surface area contributed by atoms with Crippen molar-refractivity contribution in [2.24, 2.45) is 0 Å². The predicted molar refractivity (Wildman–Crippen MR) is 126 cm³/mol. The van der Waals surface area contributed by atoms with Gasteiger partial charge in [0.2, 0.25) is 11.8 Å². The van der Waals surface area contributed by atoms with Crippen LogP contribution in [0.25, 0.3) is 0 Å². The number of likely N-dealkylation sites (N-methyl/N-ethyl adjacent to an activating group) is 1. The molecule has 3 heterocycles. The van der Waals surface area contributed by atoms with E-state index in [1.807, 2.05) is 49.3 Å². The van der Waals surface area contributed by atoms with Crippen LogP contribution in [0, 0.1) is 0 Å². The van der Waals surface area contributed by atoms with E-state index in [0.29, 0.717) is 17.8 Å². The van der Waals surface area contributed by atoms with E-state index < -0.39 is 0 Å². The summed E-state index contributed by atoms with van der Waals surface area (Å²) in [5, 5.41) is 2.96. The van der Waals surface area contributed by atoms with E-state index in [0.717, 1.165) is 28.1 Å². The summed E-state index contributed by atoms with van der Waals surface area (Å²) in [5.41, 5.74) is 1.64. The Morgan fingerprint density at radius 1 is 1.13 bits per heavy atom. The molecule has 2 fully saturated rings. The molecule has 4 rings (SSSR count). The lowest BCUT2D eigenvalue weighted by molar-refractivity contribution is -0.118. The van der Waals surface area contributed by atoms with Crippen LogP contribution in [0.5, 0.6) is 0 Å². The quantitative estimate of drug-likeness (QED) is 0.655. The highest BCUT2D eigenvalue weighted by atomic mass is 79.9. The number of carbonyl (C=O) groups excluding carboxylic acids is 3. The standard InChI is InChI=1S/C22H25BrN4O3S/c1-25(2)13-17-7-10-20(28)27(17)16-5-3-15(4-6-16)26-12-14(11-21(26)29)24-22(30)18-8-9-19(23)31-18/h3-6,8-9,14,17H,7,10-13H2,1-2H3,(H,24,30). The lowest BCUT2D eigenvalue weighted by atomic mass is 10.2. The first-order valence-electron chi connectivity index (χ1n) is 10.2. The maximum Gasteiger partial charge on any atom is 0.261 e. The molecule has 1 aromatic carbocycles. The van der Waals surface area contributed by atoms with Crippen LogP contribution in [0.1, 0.15) is 28.9 Å². The minimum absolute atomic E-state index is 0.0202. The molecule has 1 aromatic heterocycles. The molecule has 0 aliphatic carbocycles. The highest BCUT2D eigenvalue weighted by Crippen LogP contribution is 2.30. The normalized spacial score (nSPS) is 21.4. The summed E-state index contributed by atoms with van der Waals surface area (Å²) in [5.74, 6) is -0.0434. The molecule has 0 bridgehead atoms. The highest BCUT2D eigenvalue weighted by Gasteiger charge is 2.34. The van der Waals surface area contributed by atoms with Gasteiger partial charge in [0.1, 0.15) is 0 Å². The average Bonchev–Trinajstić information content (AvgIpc) is 3.41. The van der Waals surface area contributed by atoms with Crippen LogP contribution in [-0.4, -0.2) is 61.9 Å². The number of nitrogens with zero attached hydrogens (tertiary/aromatic N) is 3. The Kier molecular flexibility index (Phi) is 6.45. The van der Waals surface area contributed by atoms with Crippen molar-refractivity contribution in [2.45, 2.75) is 31.3 Å². The Morgan fingerprint density at radius 3 is 2.48 bits per heavy atom. The van der Waals surface area contributed by atoms with Crippen LogP contribution < -0.4 is 15.1 Å². The molecule has 2 aliphatic rings. The van der Waals surface area contributed by atoms with Gasteiger partial charge in [-0.1, -0.05) is 0 Å². The third-order valence-corrected chi connectivity index (χ3v) is 7.22. The molecule has 2 atom stereocenters. The minimum Gasteiger partial charge on any atom is -0.346 e. The van der Waals surface area contributed by atoms with E-state index >= 15 is 0 Å². The monoisotopic (exact) mass is 504 g/mol. The number of hydrogen-bond donors (Lipinski definition) is 1. The van der Waals surface area contributed by atoms with Gasteiger partial charge in [-0.3, -0.25) is 14.4 Å². The van der Waals surface area contributed by atoms with E-state index in [-0.39, 0.29) is 36.2 Å². The lowest BCUT2D eigenvalue weighted by Gasteiger charge is -2.28. The molecule has 2 unspecified atom stereocenters. The minimum atomic E-state index is -0.231. The lowest BCUT2D eigenvalue weighted by Crippen LogP contribution is -2.39. The molecule has 164 valence electrons. The van der Waals surface area contributed by atoms with Crippen LogP contribution in [-0.2, 0) is 9.59 Å². The molecule has 31 heavy (non-hydrogen) atoms. The van der Waals surface area contributed by atoms with E-state index in [1.165, 1.54) is 11.3 Å². The first kappa shape index (κ1) is 22.0. The van der Waals surface area contributed by atoms with Crippen molar-refractivity contribution >= 4 is 56.4 Å². The Bertz CT molecular complexity index is 991. The number of hydrogen-bond acceptors (Lipinski definition) is 5. The second-order valence-electron chi connectivity index (χ2n) is 8.22. The topological polar surface area (TPSA) is 73.0 Å². The van der Waals surface area contributed by atoms with Gasteiger partial charge < -0.3 is 20.0 Å². The number of amides is 3. The van der Waals surface area contributed by atoms with Crippen LogP contribution >= 0.6 is 27.3 Å². The van der Waals surface area contributed by atoms with Gasteiger partial charge in [-0.15, -0.1) is 11.3 Å². The SMILES string of the molecule is CN(C)CC1CCC(=O)N1c1ccc(N2CC(NC(=O)c3ccc(Br)s3)CC2=O)cc1. The number of halogens is 1. The zero-order valence-corrected chi connectivity index (χ0v) is 19.9. The molecular formula is C22H25BrN4O3S. The molecule has 1 N–H and O–H groups in total. The van der Waals surface area contributed by atoms with Crippen molar-refractivity contribution in [3.63, 3.8) is 0 Å². The van der Waals surface area contributed by atoms with Gasteiger partial charge in [0, 0.05) is 37.3 Å². The van der Waals surface area contributed by atoms with Crippen molar-refractivity contribution in [3.8, 4) is 0 Å². The Morgan fingerprint density at radius 2 is 1.84 bits per heavy atom. The maximum absolute atomic E-state index is 12.6. The van der Waals surface area contributed by atoms with Gasteiger partial charge in [-0.05, 0) is 72.8 Å². The van der Waals surface area contributed by atoms with Gasteiger partial charge in [-0.2, -0.15) is 0 Å². The molecule has 3 amide bonds. The molecule has 0 radical (unpaired) electrons. The molecule has 0 spiro atoms. The maximum atomic E-state index is 12.6. The fourth-order valence-corrected chi connectivity index (χ4v) is 5.52. The van der Waals surface area contributed by atoms with Crippen LogP contribution in [0.3, 0.4) is 0 Å². The number of benzene rings is 1. The van der Waals surface area contributed by atoms with E-state index in [2.05, 4.69) is 26.1 Å². The smallest absolute Gasteiger partial charge is 0.261 e. The third-order valence-electron chi connectivity index (χ3n) is 5.60. The molecule has 7 nitrogen and oxygen atoms in total. The van der Waals surface area contributed by atoms with E-state index in [4.69, 9.17) is 0 Å². The van der Waals surface area contributed by atoms with Crippen LogP contribution in [0.15, 0.2) is 40.2 Å². The Labute approximate surface area is 194 Å². The summed E-state index contributed by atoms with van der Waals surface area (Å²) >= 11 is 4.73. The molecule has 2 aliphatic heterocycles. The molecule has 0 saturated carbocycles. The van der Waals surface area contributed by atoms with Crippen molar-refractivity contribution < 1.29 is 14.4 Å². The fraction of sp³-hybridized carbons (Fsp3) is 0.409. The summed E-state index contributed by atoms with van der Waals surface area (Å²) < 4.78 is 0.895. The second kappa shape index (κ2) is 9.10. The fourth-order valence-electron chi connectivity index (χ4n) is 4.23. The van der Waals surface area contributed by atoms with Crippen molar-refractivity contribution in [2.75, 3.05) is 37.0 Å². The number of nitrogens with one attached hydrogen (secondary N) is 1. The summed E-state index contributed by atoms with van der Waals surface area (Å²) in [6.45, 7) is 1.25. The average molecular weight is 505 g/mol. The first-order chi connectivity index (χ1) is 14.8. The van der Waals surface area contributed by atoms with Gasteiger partial charge in [0.15, 0.2) is 0 Å². The Hall–Kier alpha value is -2.23. The van der Waals surface area contributed by atoms with Gasteiger partial charge in [0.25, 0.3) is 5.91 Å². The summed E-state index contributed by atoms with van der Waals surface area (Å²) in [6, 6.07) is 11.1. The molecule has 2 saturated heterocycles. The zero-order chi connectivity index (χ0) is 22.1. The highest BCUT2D eigenvalue weighted by molar-refractivity contribution is 9.11. The van der Waals surface area contributed by atoms with E-state index in [9.17, 15) is 14.4 Å². The van der Waals surface area contributed by atoms with Gasteiger partial charge in [0.05, 0.1) is 20.7 Å². The zero-order valence-electron chi connectivity index (χ0n) is 17.5. The van der Waals surface area contributed by atoms with Crippen molar-refractivity contribution in [1.82, 2.24) is 10.2 Å². The van der Waals surface area contributed by atoms with Crippen molar-refractivity contribution in [3.05, 3.63) is 45.1 Å². The first-order valence-corrected chi connectivity index (χ1v) is 11.9. The number of thiophene rings is 1. The number of anilines is 2. The second-order valence-corrected chi connectivity index (χ2v) is 10.7. The summed E-state index contributed by atoms with van der Waals surface area (Å²) in [6.07, 6.45) is 1.69. The van der Waals surface area contributed by atoms with Crippen LogP contribution in [0.2, 0.25) is 0 Å².